The number of nitrogen functional groups attached to an aromatic ring is 1. The molecule has 7 nitrogen and oxygen atoms in total. The average molecular weight is 498 g/mol. The molecule has 1 amide bonds. The molecule has 0 saturated carbocycles. The minimum atomic E-state index is -0.148. The zero-order valence-electron chi connectivity index (χ0n) is 19.3. The Morgan fingerprint density at radius 2 is 2.03 bits per heavy atom. The zero-order chi connectivity index (χ0) is 23.8. The highest BCUT2D eigenvalue weighted by atomic mass is 35.5. The molecule has 0 bridgehead atoms. The number of benzene rings is 1. The van der Waals surface area contributed by atoms with Gasteiger partial charge in [-0.05, 0) is 44.9 Å². The Bertz CT molecular complexity index is 1320. The predicted molar refractivity (Wildman–Crippen MR) is 137 cm³/mol. The lowest BCUT2D eigenvalue weighted by Gasteiger charge is -2.34. The third kappa shape index (κ3) is 4.45. The van der Waals surface area contributed by atoms with Crippen molar-refractivity contribution in [3.63, 3.8) is 0 Å². The number of fused-ring (bicyclic) bond motifs is 1. The van der Waals surface area contributed by atoms with Crippen LogP contribution < -0.4 is 11.1 Å². The van der Waals surface area contributed by atoms with Gasteiger partial charge in [0.2, 0.25) is 0 Å². The Hall–Kier alpha value is -2.81. The summed E-state index contributed by atoms with van der Waals surface area (Å²) in [6.45, 7) is 6.75. The normalized spacial score (nSPS) is 15.4. The average Bonchev–Trinajstić information content (AvgIpc) is 3.53. The lowest BCUT2D eigenvalue weighted by atomic mass is 10.0. The van der Waals surface area contributed by atoms with Gasteiger partial charge in [0.15, 0.2) is 5.76 Å². The molecule has 0 radical (unpaired) electrons. The maximum absolute atomic E-state index is 13.5. The number of likely N-dealkylation sites (tertiary alicyclic amines) is 1. The first-order valence-electron chi connectivity index (χ1n) is 11.5. The first-order valence-corrected chi connectivity index (χ1v) is 12.7. The molecule has 1 saturated heterocycles. The first-order chi connectivity index (χ1) is 16.4. The van der Waals surface area contributed by atoms with Crippen LogP contribution in [0.1, 0.15) is 42.9 Å². The summed E-state index contributed by atoms with van der Waals surface area (Å²) in [5, 5.41) is 8.33. The van der Waals surface area contributed by atoms with Gasteiger partial charge in [-0.15, -0.1) is 11.3 Å². The summed E-state index contributed by atoms with van der Waals surface area (Å²) in [5.41, 5.74) is 9.07. The topological polar surface area (TPSA) is 89.3 Å². The molecule has 4 heterocycles. The van der Waals surface area contributed by atoms with Crippen LogP contribution in [0.4, 0.5) is 5.69 Å². The van der Waals surface area contributed by atoms with Gasteiger partial charge in [-0.1, -0.05) is 35.0 Å². The zero-order valence-corrected chi connectivity index (χ0v) is 20.8. The van der Waals surface area contributed by atoms with E-state index in [2.05, 4.69) is 29.2 Å². The predicted octanol–water partition coefficient (Wildman–Crippen LogP) is 5.24. The number of hydrogen-bond acceptors (Lipinski definition) is 6. The van der Waals surface area contributed by atoms with Gasteiger partial charge >= 0.3 is 0 Å². The number of carbonyl (C=O) groups excluding carboxylic acids is 1. The molecule has 3 aromatic heterocycles. The van der Waals surface area contributed by atoms with E-state index in [0.717, 1.165) is 41.7 Å². The standard InChI is InChI=1S/C25H28ClN5O2S/c1-15(2)30-11-9-16(10-12-30)28-25(32)24-23(27)18-5-3-4-6-19(18)31(24)14-17-13-20(33-29-17)21-7-8-22(26)34-21/h3-8,13,15-16H,9-12,14,27H2,1-2H3,(H,28,32). The molecule has 1 aromatic carbocycles. The van der Waals surface area contributed by atoms with Crippen LogP contribution in [-0.4, -0.2) is 45.7 Å². The molecule has 34 heavy (non-hydrogen) atoms. The molecule has 0 spiro atoms. The van der Waals surface area contributed by atoms with Gasteiger partial charge in [0.25, 0.3) is 5.91 Å². The second kappa shape index (κ2) is 9.44. The fourth-order valence-corrected chi connectivity index (χ4v) is 5.66. The van der Waals surface area contributed by atoms with Gasteiger partial charge in [0, 0.05) is 36.6 Å². The Morgan fingerprint density at radius 3 is 2.74 bits per heavy atom. The third-order valence-corrected chi connectivity index (χ3v) is 7.76. The van der Waals surface area contributed by atoms with Crippen LogP contribution in [0.5, 0.6) is 0 Å². The molecule has 9 heteroatoms. The van der Waals surface area contributed by atoms with E-state index < -0.39 is 0 Å². The number of nitrogens with zero attached hydrogens (tertiary/aromatic N) is 3. The van der Waals surface area contributed by atoms with E-state index in [0.29, 0.717) is 39.8 Å². The minimum absolute atomic E-state index is 0.135. The molecule has 1 aliphatic heterocycles. The highest BCUT2D eigenvalue weighted by Gasteiger charge is 2.27. The molecular formula is C25H28ClN5O2S. The fourth-order valence-electron chi connectivity index (χ4n) is 4.66. The van der Waals surface area contributed by atoms with E-state index >= 15 is 0 Å². The van der Waals surface area contributed by atoms with Crippen molar-refractivity contribution >= 4 is 45.4 Å². The molecule has 4 aromatic rings. The fraction of sp³-hybridized carbons (Fsp3) is 0.360. The van der Waals surface area contributed by atoms with E-state index in [9.17, 15) is 4.79 Å². The van der Waals surface area contributed by atoms with Crippen molar-refractivity contribution < 1.29 is 9.32 Å². The molecule has 1 fully saturated rings. The van der Waals surface area contributed by atoms with Crippen molar-refractivity contribution in [3.05, 3.63) is 58.2 Å². The summed E-state index contributed by atoms with van der Waals surface area (Å²) in [4.78, 5) is 16.8. The van der Waals surface area contributed by atoms with E-state index in [4.69, 9.17) is 21.9 Å². The van der Waals surface area contributed by atoms with Crippen LogP contribution in [0, 0.1) is 0 Å². The van der Waals surface area contributed by atoms with Gasteiger partial charge < -0.3 is 25.0 Å². The molecule has 1 aliphatic rings. The highest BCUT2D eigenvalue weighted by molar-refractivity contribution is 7.19. The number of nitrogens with one attached hydrogen (secondary N) is 1. The quantitative estimate of drug-likeness (QED) is 0.380. The highest BCUT2D eigenvalue weighted by Crippen LogP contribution is 2.33. The number of para-hydroxylation sites is 1. The summed E-state index contributed by atoms with van der Waals surface area (Å²) in [5.74, 6) is 0.504. The molecule has 5 rings (SSSR count). The van der Waals surface area contributed by atoms with Crippen LogP contribution in [0.3, 0.4) is 0 Å². The second-order valence-electron chi connectivity index (χ2n) is 9.03. The van der Waals surface area contributed by atoms with Crippen molar-refractivity contribution in [3.8, 4) is 10.6 Å². The largest absolute Gasteiger partial charge is 0.396 e. The Morgan fingerprint density at radius 1 is 1.26 bits per heavy atom. The van der Waals surface area contributed by atoms with Crippen LogP contribution >= 0.6 is 22.9 Å². The molecule has 0 unspecified atom stereocenters. The monoisotopic (exact) mass is 497 g/mol. The van der Waals surface area contributed by atoms with Crippen LogP contribution in [0.2, 0.25) is 4.34 Å². The molecule has 0 aliphatic carbocycles. The van der Waals surface area contributed by atoms with E-state index in [-0.39, 0.29) is 11.9 Å². The molecule has 178 valence electrons. The van der Waals surface area contributed by atoms with Gasteiger partial charge in [-0.3, -0.25) is 4.79 Å². The Balaban J connectivity index is 1.42. The third-order valence-electron chi connectivity index (χ3n) is 6.52. The molecular weight excluding hydrogens is 470 g/mol. The van der Waals surface area contributed by atoms with Crippen LogP contribution in [0.15, 0.2) is 47.0 Å². The number of thiophene rings is 1. The van der Waals surface area contributed by atoms with Crippen molar-refractivity contribution in [2.24, 2.45) is 0 Å². The Labute approximate surface area is 207 Å². The smallest absolute Gasteiger partial charge is 0.270 e. The maximum Gasteiger partial charge on any atom is 0.270 e. The van der Waals surface area contributed by atoms with E-state index in [1.54, 1.807) is 0 Å². The SMILES string of the molecule is CC(C)N1CCC(NC(=O)c2c(N)c3ccccc3n2Cc2cc(-c3ccc(Cl)s3)on2)CC1. The number of aromatic nitrogens is 2. The summed E-state index contributed by atoms with van der Waals surface area (Å²) in [6.07, 6.45) is 1.86. The maximum atomic E-state index is 13.5. The number of anilines is 1. The van der Waals surface area contributed by atoms with Crippen molar-refractivity contribution in [1.82, 2.24) is 19.9 Å². The number of halogens is 1. The number of nitrogens with two attached hydrogens (primary N) is 1. The number of rotatable bonds is 6. The van der Waals surface area contributed by atoms with Gasteiger partial charge in [-0.2, -0.15) is 0 Å². The lowest BCUT2D eigenvalue weighted by molar-refractivity contribution is 0.0893. The Kier molecular flexibility index (Phi) is 6.38. The molecule has 3 N–H and O–H groups in total. The van der Waals surface area contributed by atoms with Crippen molar-refractivity contribution in [2.75, 3.05) is 18.8 Å². The van der Waals surface area contributed by atoms with Gasteiger partial charge in [0.05, 0.1) is 27.0 Å². The minimum Gasteiger partial charge on any atom is -0.396 e. The van der Waals surface area contributed by atoms with Crippen LogP contribution in [-0.2, 0) is 6.54 Å². The van der Waals surface area contributed by atoms with Crippen LogP contribution in [0.25, 0.3) is 21.5 Å². The summed E-state index contributed by atoms with van der Waals surface area (Å²) in [7, 11) is 0. The van der Waals surface area contributed by atoms with Crippen molar-refractivity contribution in [1.29, 1.82) is 0 Å². The first kappa shape index (κ1) is 23.0. The van der Waals surface area contributed by atoms with E-state index in [1.165, 1.54) is 11.3 Å². The van der Waals surface area contributed by atoms with Gasteiger partial charge in [-0.25, -0.2) is 0 Å². The number of hydrogen-bond donors (Lipinski definition) is 2. The second-order valence-corrected chi connectivity index (χ2v) is 10.7. The summed E-state index contributed by atoms with van der Waals surface area (Å²) < 4.78 is 8.19. The number of amides is 1. The summed E-state index contributed by atoms with van der Waals surface area (Å²) >= 11 is 7.50. The number of carbonyl (C=O) groups is 1. The lowest BCUT2D eigenvalue weighted by Crippen LogP contribution is -2.47. The molecule has 0 atom stereocenters. The summed E-state index contributed by atoms with van der Waals surface area (Å²) in [6, 6.07) is 14.1. The van der Waals surface area contributed by atoms with Gasteiger partial charge in [0.1, 0.15) is 11.4 Å². The number of piperidine rings is 1. The van der Waals surface area contributed by atoms with Crippen molar-refractivity contribution in [2.45, 2.75) is 45.3 Å². The van der Waals surface area contributed by atoms with E-state index in [1.807, 2.05) is 47.0 Å².